The van der Waals surface area contributed by atoms with Crippen LogP contribution in [-0.2, 0) is 0 Å². The van der Waals surface area contributed by atoms with Gasteiger partial charge in [-0.15, -0.1) is 0 Å². The molecule has 1 aliphatic rings. The van der Waals surface area contributed by atoms with E-state index in [2.05, 4.69) is 0 Å². The molecule has 2 heterocycles. The second-order valence-corrected chi connectivity index (χ2v) is 6.89. The molecule has 1 N–H and O–H groups in total. The standard InChI is InChI=1S/C21H13F4N3O3/c1-9-3-4-10(2)27(9)12-7-5-11(6-8-12)19(29)26-28-20(30)13-14(21(28)31)16(23)18(25)17(24)15(13)22/h3-8H,1-2H3,(H,26,29). The van der Waals surface area contributed by atoms with Gasteiger partial charge in [-0.1, -0.05) is 0 Å². The number of benzene rings is 2. The third-order valence-electron chi connectivity index (χ3n) is 4.97. The highest BCUT2D eigenvalue weighted by Gasteiger charge is 2.45. The van der Waals surface area contributed by atoms with Crippen molar-refractivity contribution in [3.8, 4) is 5.69 Å². The zero-order valence-corrected chi connectivity index (χ0v) is 16.1. The van der Waals surface area contributed by atoms with Gasteiger partial charge in [-0.05, 0) is 50.2 Å². The van der Waals surface area contributed by atoms with E-state index in [4.69, 9.17) is 0 Å². The van der Waals surface area contributed by atoms with Gasteiger partial charge in [-0.3, -0.25) is 19.8 Å². The Balaban J connectivity index is 1.61. The van der Waals surface area contributed by atoms with Crippen molar-refractivity contribution in [2.75, 3.05) is 0 Å². The zero-order valence-electron chi connectivity index (χ0n) is 16.1. The molecule has 31 heavy (non-hydrogen) atoms. The SMILES string of the molecule is Cc1ccc(C)n1-c1ccc(C(=O)NN2C(=O)c3c(F)c(F)c(F)c(F)c3C2=O)cc1. The number of hydrogen-bond donors (Lipinski definition) is 1. The predicted octanol–water partition coefficient (Wildman–Crippen LogP) is 3.59. The van der Waals surface area contributed by atoms with Crippen molar-refractivity contribution in [1.29, 1.82) is 0 Å². The van der Waals surface area contributed by atoms with Crippen LogP contribution in [0.3, 0.4) is 0 Å². The Morgan fingerprint density at radius 2 is 1.19 bits per heavy atom. The number of aryl methyl sites for hydroxylation is 2. The van der Waals surface area contributed by atoms with Crippen LogP contribution in [-0.4, -0.2) is 27.3 Å². The van der Waals surface area contributed by atoms with Gasteiger partial charge >= 0.3 is 0 Å². The molecule has 0 spiro atoms. The van der Waals surface area contributed by atoms with E-state index in [0.29, 0.717) is 0 Å². The van der Waals surface area contributed by atoms with Gasteiger partial charge in [0.15, 0.2) is 23.3 Å². The van der Waals surface area contributed by atoms with Crippen molar-refractivity contribution in [3.05, 3.63) is 87.7 Å². The Labute approximate surface area is 172 Å². The molecule has 2 aromatic carbocycles. The molecule has 3 aromatic rings. The summed E-state index contributed by atoms with van der Waals surface area (Å²) in [5.74, 6) is -12.4. The Bertz CT molecular complexity index is 1220. The van der Waals surface area contributed by atoms with E-state index in [0.717, 1.165) is 17.1 Å². The second-order valence-electron chi connectivity index (χ2n) is 6.89. The first-order valence-corrected chi connectivity index (χ1v) is 8.94. The number of carbonyl (C=O) groups is 3. The fourth-order valence-electron chi connectivity index (χ4n) is 3.45. The zero-order chi connectivity index (χ0) is 22.6. The Kier molecular flexibility index (Phi) is 4.64. The smallest absolute Gasteiger partial charge is 0.283 e. The summed E-state index contributed by atoms with van der Waals surface area (Å²) < 4.78 is 56.7. The Morgan fingerprint density at radius 3 is 1.65 bits per heavy atom. The molecule has 0 saturated heterocycles. The van der Waals surface area contributed by atoms with Crippen molar-refractivity contribution in [2.45, 2.75) is 13.8 Å². The number of rotatable bonds is 3. The minimum atomic E-state index is -2.23. The van der Waals surface area contributed by atoms with Crippen molar-refractivity contribution in [1.82, 2.24) is 15.0 Å². The number of hydrogen-bond acceptors (Lipinski definition) is 3. The van der Waals surface area contributed by atoms with E-state index >= 15 is 0 Å². The lowest BCUT2D eigenvalue weighted by molar-refractivity contribution is 0.0515. The third kappa shape index (κ3) is 2.98. The summed E-state index contributed by atoms with van der Waals surface area (Å²) in [6.45, 7) is 3.81. The monoisotopic (exact) mass is 431 g/mol. The van der Waals surface area contributed by atoms with Crippen LogP contribution in [0.5, 0.6) is 0 Å². The molecule has 4 rings (SSSR count). The molecule has 1 aliphatic heterocycles. The molecule has 158 valence electrons. The number of aromatic nitrogens is 1. The van der Waals surface area contributed by atoms with Crippen LogP contribution < -0.4 is 5.43 Å². The first-order valence-electron chi connectivity index (χ1n) is 8.94. The van der Waals surface area contributed by atoms with Gasteiger partial charge in [0.25, 0.3) is 17.7 Å². The summed E-state index contributed by atoms with van der Waals surface area (Å²) in [5, 5.41) is 0.0200. The van der Waals surface area contributed by atoms with Crippen molar-refractivity contribution >= 4 is 17.7 Å². The number of carbonyl (C=O) groups excluding carboxylic acids is 3. The Morgan fingerprint density at radius 1 is 0.742 bits per heavy atom. The van der Waals surface area contributed by atoms with Gasteiger partial charge < -0.3 is 4.57 Å². The maximum Gasteiger partial charge on any atom is 0.283 e. The van der Waals surface area contributed by atoms with E-state index in [-0.39, 0.29) is 10.6 Å². The molecular weight excluding hydrogens is 418 g/mol. The summed E-state index contributed by atoms with van der Waals surface area (Å²) in [5.41, 5.74) is 2.07. The Hall–Kier alpha value is -3.95. The first kappa shape index (κ1) is 20.3. The molecule has 10 heteroatoms. The van der Waals surface area contributed by atoms with Gasteiger partial charge in [-0.25, -0.2) is 17.6 Å². The molecular formula is C21H13F4N3O3. The van der Waals surface area contributed by atoms with Gasteiger partial charge in [0, 0.05) is 22.6 Å². The summed E-state index contributed by atoms with van der Waals surface area (Å²) in [7, 11) is 0. The third-order valence-corrected chi connectivity index (χ3v) is 4.97. The van der Waals surface area contributed by atoms with Crippen LogP contribution in [0.25, 0.3) is 5.69 Å². The number of nitrogens with one attached hydrogen (secondary N) is 1. The number of hydrazine groups is 1. The van der Waals surface area contributed by atoms with E-state index < -0.39 is 52.1 Å². The molecule has 3 amide bonds. The van der Waals surface area contributed by atoms with Gasteiger partial charge in [0.05, 0.1) is 11.1 Å². The molecule has 0 fully saturated rings. The summed E-state index contributed by atoms with van der Waals surface area (Å²) in [6.07, 6.45) is 0. The largest absolute Gasteiger partial charge is 0.319 e. The molecule has 0 radical (unpaired) electrons. The fourth-order valence-corrected chi connectivity index (χ4v) is 3.45. The van der Waals surface area contributed by atoms with Crippen molar-refractivity contribution in [2.24, 2.45) is 0 Å². The summed E-state index contributed by atoms with van der Waals surface area (Å²) in [6, 6.07) is 9.93. The van der Waals surface area contributed by atoms with Gasteiger partial charge in [0.1, 0.15) is 0 Å². The van der Waals surface area contributed by atoms with Crippen LogP contribution in [0.2, 0.25) is 0 Å². The molecule has 0 unspecified atom stereocenters. The molecule has 1 aromatic heterocycles. The van der Waals surface area contributed by atoms with E-state index in [9.17, 15) is 31.9 Å². The number of amides is 3. The lowest BCUT2D eigenvalue weighted by Gasteiger charge is -2.15. The highest BCUT2D eigenvalue weighted by Crippen LogP contribution is 2.30. The van der Waals surface area contributed by atoms with E-state index in [1.165, 1.54) is 12.1 Å². The van der Waals surface area contributed by atoms with E-state index in [1.807, 2.05) is 36.0 Å². The molecule has 0 atom stereocenters. The molecule has 0 bridgehead atoms. The van der Waals surface area contributed by atoms with Crippen molar-refractivity contribution < 1.29 is 31.9 Å². The average Bonchev–Trinajstić information content (AvgIpc) is 3.21. The maximum atomic E-state index is 13.9. The first-order chi connectivity index (χ1) is 14.6. The molecule has 6 nitrogen and oxygen atoms in total. The van der Waals surface area contributed by atoms with Crippen LogP contribution >= 0.6 is 0 Å². The van der Waals surface area contributed by atoms with E-state index in [1.54, 1.807) is 12.1 Å². The quantitative estimate of drug-likeness (QED) is 0.298. The topological polar surface area (TPSA) is 71.4 Å². The van der Waals surface area contributed by atoms with Crippen LogP contribution in [0.1, 0.15) is 42.5 Å². The predicted molar refractivity (Wildman–Crippen MR) is 99.5 cm³/mol. The van der Waals surface area contributed by atoms with Crippen LogP contribution in [0.4, 0.5) is 17.6 Å². The van der Waals surface area contributed by atoms with Gasteiger partial charge in [0.2, 0.25) is 0 Å². The average molecular weight is 431 g/mol. The van der Waals surface area contributed by atoms with Crippen LogP contribution in [0.15, 0.2) is 36.4 Å². The normalized spacial score (nSPS) is 13.0. The second kappa shape index (κ2) is 7.08. The summed E-state index contributed by atoms with van der Waals surface area (Å²) in [4.78, 5) is 37.1. The maximum absolute atomic E-state index is 13.9. The van der Waals surface area contributed by atoms with Gasteiger partial charge in [-0.2, -0.15) is 5.01 Å². The summed E-state index contributed by atoms with van der Waals surface area (Å²) >= 11 is 0. The lowest BCUT2D eigenvalue weighted by atomic mass is 10.1. The number of imide groups is 1. The van der Waals surface area contributed by atoms with Crippen LogP contribution in [0, 0.1) is 37.1 Å². The highest BCUT2D eigenvalue weighted by atomic mass is 19.2. The number of fused-ring (bicyclic) bond motifs is 1. The highest BCUT2D eigenvalue weighted by molar-refractivity contribution is 6.22. The number of halogens is 4. The minimum Gasteiger partial charge on any atom is -0.319 e. The lowest BCUT2D eigenvalue weighted by Crippen LogP contribution is -2.46. The number of nitrogens with zero attached hydrogens (tertiary/aromatic N) is 2. The molecule has 0 aliphatic carbocycles. The molecule has 0 saturated carbocycles. The minimum absolute atomic E-state index is 0.0200. The van der Waals surface area contributed by atoms with Crippen molar-refractivity contribution in [3.63, 3.8) is 0 Å². The fraction of sp³-hybridized carbons (Fsp3) is 0.0952.